The van der Waals surface area contributed by atoms with E-state index in [9.17, 15) is 18.5 Å². The number of hydrogen-bond donors (Lipinski definition) is 2. The molecule has 0 bridgehead atoms. The molecule has 0 saturated carbocycles. The average Bonchev–Trinajstić information content (AvgIpc) is 2.96. The molecular formula is C28H25N9O3S. The quantitative estimate of drug-likeness (QED) is 0.297. The number of fused-ring (bicyclic) bond motifs is 1. The molecule has 0 aliphatic carbocycles. The summed E-state index contributed by atoms with van der Waals surface area (Å²) in [6.45, 7) is 1.80. The number of aromatic nitrogens is 5. The molecule has 13 heteroatoms. The van der Waals surface area contributed by atoms with Gasteiger partial charge in [0.25, 0.3) is 5.56 Å². The van der Waals surface area contributed by atoms with Crippen molar-refractivity contribution in [3.8, 4) is 22.9 Å². The van der Waals surface area contributed by atoms with Crippen LogP contribution in [0.25, 0.3) is 27.7 Å². The van der Waals surface area contributed by atoms with E-state index >= 15 is 0 Å². The van der Waals surface area contributed by atoms with Crippen molar-refractivity contribution < 1.29 is 8.42 Å². The molecule has 41 heavy (non-hydrogen) atoms. The van der Waals surface area contributed by atoms with E-state index in [1.54, 1.807) is 49.5 Å². The lowest BCUT2D eigenvalue weighted by molar-refractivity contribution is 0.600. The molecule has 5 aromatic rings. The normalized spacial score (nSPS) is 12.0. The molecule has 0 radical (unpaired) electrons. The zero-order valence-electron chi connectivity index (χ0n) is 22.3. The van der Waals surface area contributed by atoms with E-state index in [2.05, 4.69) is 20.3 Å². The fraction of sp³-hybridized carbons (Fsp3) is 0.143. The van der Waals surface area contributed by atoms with Gasteiger partial charge in [0.1, 0.15) is 23.3 Å². The largest absolute Gasteiger partial charge is 0.368 e. The molecule has 2 aromatic carbocycles. The maximum Gasteiger partial charge on any atom is 0.266 e. The number of nitrogen functional groups attached to an aromatic ring is 1. The monoisotopic (exact) mass is 567 g/mol. The number of nitrogens with one attached hydrogen (secondary N) is 1. The van der Waals surface area contributed by atoms with Gasteiger partial charge in [-0.1, -0.05) is 30.3 Å². The lowest BCUT2D eigenvalue weighted by Gasteiger charge is -2.21. The lowest BCUT2D eigenvalue weighted by Crippen LogP contribution is -2.28. The van der Waals surface area contributed by atoms with Gasteiger partial charge in [0.15, 0.2) is 0 Å². The summed E-state index contributed by atoms with van der Waals surface area (Å²) >= 11 is 0. The summed E-state index contributed by atoms with van der Waals surface area (Å²) in [6, 6.07) is 17.4. The third-order valence-corrected chi connectivity index (χ3v) is 7.71. The third-order valence-electron chi connectivity index (χ3n) is 6.50. The summed E-state index contributed by atoms with van der Waals surface area (Å²) < 4.78 is 26.9. The van der Waals surface area contributed by atoms with E-state index in [1.165, 1.54) is 24.0 Å². The molecule has 3 N–H and O–H groups in total. The second kappa shape index (κ2) is 10.7. The number of anilines is 3. The number of hydrogen-bond acceptors (Lipinski definition) is 10. The van der Waals surface area contributed by atoms with Crippen LogP contribution in [0, 0.1) is 11.3 Å². The van der Waals surface area contributed by atoms with E-state index < -0.39 is 16.1 Å². The number of nitriles is 1. The SMILES string of the molecule is C[C@H](Nc1nc(N)ncc1C#N)c1nc2cccc(-c3cncc(N(C)S(C)(=O)=O)c3)c2c(=O)n1-c1ccccc1. The van der Waals surface area contributed by atoms with Crippen LogP contribution in [0.15, 0.2) is 78.0 Å². The molecule has 206 valence electrons. The first-order valence-electron chi connectivity index (χ1n) is 12.4. The van der Waals surface area contributed by atoms with Crippen LogP contribution in [0.5, 0.6) is 0 Å². The minimum Gasteiger partial charge on any atom is -0.368 e. The molecule has 12 nitrogen and oxygen atoms in total. The van der Waals surface area contributed by atoms with E-state index in [0.717, 1.165) is 10.6 Å². The van der Waals surface area contributed by atoms with E-state index in [4.69, 9.17) is 10.7 Å². The summed E-state index contributed by atoms with van der Waals surface area (Å²) in [6.07, 6.45) is 5.44. The van der Waals surface area contributed by atoms with Crippen LogP contribution < -0.4 is 20.9 Å². The first-order valence-corrected chi connectivity index (χ1v) is 14.2. The Morgan fingerprint density at radius 2 is 1.83 bits per heavy atom. The van der Waals surface area contributed by atoms with Gasteiger partial charge >= 0.3 is 0 Å². The number of benzene rings is 2. The number of nitrogens with two attached hydrogens (primary N) is 1. The van der Waals surface area contributed by atoms with Crippen LogP contribution >= 0.6 is 0 Å². The Morgan fingerprint density at radius 3 is 2.54 bits per heavy atom. The van der Waals surface area contributed by atoms with Crippen molar-refractivity contribution >= 4 is 38.4 Å². The molecule has 0 unspecified atom stereocenters. The zero-order valence-corrected chi connectivity index (χ0v) is 23.2. The van der Waals surface area contributed by atoms with Crippen molar-refractivity contribution in [2.75, 3.05) is 28.7 Å². The van der Waals surface area contributed by atoms with E-state index in [-0.39, 0.29) is 22.9 Å². The van der Waals surface area contributed by atoms with Crippen LogP contribution in [0.3, 0.4) is 0 Å². The highest BCUT2D eigenvalue weighted by atomic mass is 32.2. The Labute approximate surface area is 235 Å². The van der Waals surface area contributed by atoms with Gasteiger partial charge < -0.3 is 11.1 Å². The second-order valence-corrected chi connectivity index (χ2v) is 11.3. The van der Waals surface area contributed by atoms with Crippen LogP contribution in [-0.4, -0.2) is 46.2 Å². The molecule has 1 atom stereocenters. The number of rotatable bonds is 7. The highest BCUT2D eigenvalue weighted by Crippen LogP contribution is 2.30. The third kappa shape index (κ3) is 5.28. The van der Waals surface area contributed by atoms with Crippen molar-refractivity contribution in [3.05, 3.63) is 94.9 Å². The van der Waals surface area contributed by atoms with Crippen molar-refractivity contribution in [1.82, 2.24) is 24.5 Å². The Hall–Kier alpha value is -5.35. The van der Waals surface area contributed by atoms with Gasteiger partial charge in [-0.25, -0.2) is 18.4 Å². The van der Waals surface area contributed by atoms with Gasteiger partial charge in [-0.3, -0.25) is 18.7 Å². The van der Waals surface area contributed by atoms with Crippen LogP contribution in [-0.2, 0) is 10.0 Å². The first kappa shape index (κ1) is 27.2. The molecule has 0 fully saturated rings. The van der Waals surface area contributed by atoms with Crippen LogP contribution in [0.4, 0.5) is 17.5 Å². The van der Waals surface area contributed by atoms with E-state index in [0.29, 0.717) is 39.2 Å². The molecule has 0 amide bonds. The molecule has 0 aliphatic rings. The fourth-order valence-electron chi connectivity index (χ4n) is 4.40. The Bertz CT molecular complexity index is 1990. The molecule has 0 aliphatic heterocycles. The topological polar surface area (TPSA) is 173 Å². The Kier molecular flexibility index (Phi) is 7.08. The predicted octanol–water partition coefficient (Wildman–Crippen LogP) is 3.26. The number of sulfonamides is 1. The zero-order chi connectivity index (χ0) is 29.3. The maximum atomic E-state index is 14.3. The summed E-state index contributed by atoms with van der Waals surface area (Å²) in [4.78, 5) is 31.5. The Morgan fingerprint density at radius 1 is 1.07 bits per heavy atom. The van der Waals surface area contributed by atoms with Crippen molar-refractivity contribution in [1.29, 1.82) is 5.26 Å². The summed E-state index contributed by atoms with van der Waals surface area (Å²) in [5.74, 6) is 0.580. The number of para-hydroxylation sites is 1. The van der Waals surface area contributed by atoms with Gasteiger partial charge in [-0.05, 0) is 36.8 Å². The predicted molar refractivity (Wildman–Crippen MR) is 157 cm³/mol. The van der Waals surface area contributed by atoms with Gasteiger partial charge in [-0.15, -0.1) is 0 Å². The molecule has 5 rings (SSSR count). The number of pyridine rings is 1. The lowest BCUT2D eigenvalue weighted by atomic mass is 10.0. The summed E-state index contributed by atoms with van der Waals surface area (Å²) in [5.41, 5.74) is 8.06. The number of nitrogens with zero attached hydrogens (tertiary/aromatic N) is 7. The second-order valence-electron chi connectivity index (χ2n) is 9.28. The molecule has 0 saturated heterocycles. The molecule has 0 spiro atoms. The molecule has 3 heterocycles. The first-order chi connectivity index (χ1) is 19.6. The minimum absolute atomic E-state index is 0.00683. The fourth-order valence-corrected chi connectivity index (χ4v) is 4.88. The van der Waals surface area contributed by atoms with Crippen molar-refractivity contribution in [2.45, 2.75) is 13.0 Å². The minimum atomic E-state index is -3.53. The highest BCUT2D eigenvalue weighted by molar-refractivity contribution is 7.92. The smallest absolute Gasteiger partial charge is 0.266 e. The maximum absolute atomic E-state index is 14.3. The average molecular weight is 568 g/mol. The van der Waals surface area contributed by atoms with Gasteiger partial charge in [0.05, 0.1) is 47.0 Å². The van der Waals surface area contributed by atoms with Gasteiger partial charge in [-0.2, -0.15) is 10.2 Å². The molecular weight excluding hydrogens is 542 g/mol. The van der Waals surface area contributed by atoms with Crippen LogP contribution in [0.2, 0.25) is 0 Å². The standard InChI is InChI=1S/C28H25N9O3S/c1-17(33-25-19(13-29)15-32-28(30)35-25)26-34-23-11-7-10-22(18-12-21(16-31-14-18)36(2)41(3,39)40)24(23)27(38)37(26)20-8-5-4-6-9-20/h4-12,14-17H,1-3H3,(H3,30,32,33,35)/t17-/m0/s1. The van der Waals surface area contributed by atoms with Gasteiger partial charge in [0, 0.05) is 18.8 Å². The van der Waals surface area contributed by atoms with E-state index in [1.807, 2.05) is 24.3 Å². The Balaban J connectivity index is 1.73. The summed E-state index contributed by atoms with van der Waals surface area (Å²) in [7, 11) is -2.09. The molecule has 3 aromatic heterocycles. The van der Waals surface area contributed by atoms with Crippen molar-refractivity contribution in [3.63, 3.8) is 0 Å². The van der Waals surface area contributed by atoms with Gasteiger partial charge in [0.2, 0.25) is 16.0 Å². The van der Waals surface area contributed by atoms with Crippen LogP contribution in [0.1, 0.15) is 24.4 Å². The highest BCUT2D eigenvalue weighted by Gasteiger charge is 2.22. The summed E-state index contributed by atoms with van der Waals surface area (Å²) in [5, 5.41) is 13.0. The van der Waals surface area contributed by atoms with Crippen molar-refractivity contribution in [2.24, 2.45) is 0 Å².